The zero-order chi connectivity index (χ0) is 31.6. The normalized spacial score (nSPS) is 22.7. The van der Waals surface area contributed by atoms with Gasteiger partial charge in [0, 0.05) is 32.1 Å². The summed E-state index contributed by atoms with van der Waals surface area (Å²) in [5, 5.41) is 3.26. The van der Waals surface area contributed by atoms with Crippen molar-refractivity contribution < 1.29 is 33.4 Å². The number of esters is 2. The Hall–Kier alpha value is -2.85. The number of halogens is 2. The SMILES string of the molecule is COC(=O)C[C@H](NC(=O)[C@H]1CC[C@@](C)(C(=O)OC(C)(C)C)C1(C)C)C(=O)N1CCN(C(=O)c2c(Cl)cccc2Cl)CC1. The Morgan fingerprint density at radius 3 is 2.07 bits per heavy atom. The minimum absolute atomic E-state index is 0.186. The fourth-order valence-electron chi connectivity index (χ4n) is 5.65. The highest BCUT2D eigenvalue weighted by Crippen LogP contribution is 2.57. The molecular formula is C30H41Cl2N3O7. The summed E-state index contributed by atoms with van der Waals surface area (Å²) in [7, 11) is 1.21. The minimum Gasteiger partial charge on any atom is -0.469 e. The molecule has 1 saturated carbocycles. The highest BCUT2D eigenvalue weighted by atomic mass is 35.5. The maximum Gasteiger partial charge on any atom is 0.312 e. The van der Waals surface area contributed by atoms with Crippen molar-refractivity contribution in [3.63, 3.8) is 0 Å². The topological polar surface area (TPSA) is 122 Å². The standard InChI is InChI=1S/C30H41Cl2N3O7/c1-28(2,3)42-27(40)30(6)12-11-18(29(30,4)5)24(37)33-21(17-22(36)41-7)25(38)34-13-15-35(16-14-34)26(39)23-19(31)9-8-10-20(23)32/h8-10,18,21H,11-17H2,1-7H3,(H,33,37)/t18-,21+,30+/m1/s1. The first-order chi connectivity index (χ1) is 19.4. The first-order valence-corrected chi connectivity index (χ1v) is 14.8. The van der Waals surface area contributed by atoms with Crippen LogP contribution in [0.2, 0.25) is 10.0 Å². The molecule has 12 heteroatoms. The van der Waals surface area contributed by atoms with Gasteiger partial charge in [0.25, 0.3) is 5.91 Å². The maximum atomic E-state index is 13.6. The number of carbonyl (C=O) groups excluding carboxylic acids is 5. The van der Waals surface area contributed by atoms with Crippen LogP contribution in [0.4, 0.5) is 0 Å². The number of carbonyl (C=O) groups is 5. The van der Waals surface area contributed by atoms with Gasteiger partial charge >= 0.3 is 11.9 Å². The molecule has 3 amide bonds. The average Bonchev–Trinajstić information content (AvgIpc) is 3.16. The lowest BCUT2D eigenvalue weighted by Gasteiger charge is -2.41. The molecule has 1 aromatic carbocycles. The monoisotopic (exact) mass is 625 g/mol. The van der Waals surface area contributed by atoms with Gasteiger partial charge in [0.2, 0.25) is 11.8 Å². The van der Waals surface area contributed by atoms with E-state index in [0.29, 0.717) is 12.8 Å². The minimum atomic E-state index is -1.17. The predicted molar refractivity (Wildman–Crippen MR) is 158 cm³/mol. The van der Waals surface area contributed by atoms with Crippen LogP contribution >= 0.6 is 23.2 Å². The van der Waals surface area contributed by atoms with Crippen molar-refractivity contribution in [3.8, 4) is 0 Å². The molecule has 1 aromatic rings. The summed E-state index contributed by atoms with van der Waals surface area (Å²) in [4.78, 5) is 68.8. The molecule has 3 atom stereocenters. The molecule has 1 aliphatic heterocycles. The zero-order valence-electron chi connectivity index (χ0n) is 25.3. The van der Waals surface area contributed by atoms with Crippen molar-refractivity contribution in [2.45, 2.75) is 72.4 Å². The van der Waals surface area contributed by atoms with Crippen molar-refractivity contribution in [1.29, 1.82) is 0 Å². The second kappa shape index (κ2) is 12.8. The molecule has 0 spiro atoms. The summed E-state index contributed by atoms with van der Waals surface area (Å²) in [5.41, 5.74) is -2.18. The molecule has 1 heterocycles. The van der Waals surface area contributed by atoms with E-state index in [-0.39, 0.29) is 60.1 Å². The molecule has 232 valence electrons. The quantitative estimate of drug-likeness (QED) is 0.452. The third kappa shape index (κ3) is 7.02. The van der Waals surface area contributed by atoms with Gasteiger partial charge in [0.05, 0.1) is 34.6 Å². The second-order valence-electron chi connectivity index (χ2n) is 12.7. The molecule has 0 bridgehead atoms. The summed E-state index contributed by atoms with van der Waals surface area (Å²) in [6, 6.07) is 3.65. The van der Waals surface area contributed by atoms with E-state index in [1.807, 2.05) is 20.8 Å². The molecule has 2 fully saturated rings. The Morgan fingerprint density at radius 2 is 1.55 bits per heavy atom. The van der Waals surface area contributed by atoms with Gasteiger partial charge in [-0.05, 0) is 58.1 Å². The van der Waals surface area contributed by atoms with Gasteiger partial charge < -0.3 is 24.6 Å². The molecule has 1 saturated heterocycles. The van der Waals surface area contributed by atoms with E-state index in [2.05, 4.69) is 5.32 Å². The third-order valence-corrected chi connectivity index (χ3v) is 9.29. The number of nitrogens with zero attached hydrogens (tertiary/aromatic N) is 2. The molecule has 0 unspecified atom stereocenters. The largest absolute Gasteiger partial charge is 0.469 e. The van der Waals surface area contributed by atoms with Gasteiger partial charge in [0.15, 0.2) is 0 Å². The third-order valence-electron chi connectivity index (χ3n) is 8.66. The number of amides is 3. The number of hydrogen-bond acceptors (Lipinski definition) is 7. The van der Waals surface area contributed by atoms with Crippen molar-refractivity contribution in [3.05, 3.63) is 33.8 Å². The lowest BCUT2D eigenvalue weighted by molar-refractivity contribution is -0.173. The summed E-state index contributed by atoms with van der Waals surface area (Å²) < 4.78 is 10.5. The van der Waals surface area contributed by atoms with Crippen molar-refractivity contribution in [2.24, 2.45) is 16.7 Å². The summed E-state index contributed by atoms with van der Waals surface area (Å²) in [6.07, 6.45) is 0.499. The average molecular weight is 627 g/mol. The molecule has 1 aliphatic carbocycles. The Morgan fingerprint density at radius 1 is 1.00 bits per heavy atom. The number of piperazine rings is 1. The van der Waals surface area contributed by atoms with Gasteiger partial charge in [-0.2, -0.15) is 0 Å². The van der Waals surface area contributed by atoms with E-state index in [1.54, 1.807) is 43.9 Å². The molecule has 0 aromatic heterocycles. The summed E-state index contributed by atoms with van der Waals surface area (Å²) in [6.45, 7) is 11.7. The highest BCUT2D eigenvalue weighted by molar-refractivity contribution is 6.39. The van der Waals surface area contributed by atoms with Crippen LogP contribution in [0.1, 0.15) is 71.2 Å². The lowest BCUT2D eigenvalue weighted by Crippen LogP contribution is -2.57. The second-order valence-corrected chi connectivity index (χ2v) is 13.5. The number of methoxy groups -OCH3 is 1. The molecule has 10 nitrogen and oxygen atoms in total. The van der Waals surface area contributed by atoms with Crippen molar-refractivity contribution in [1.82, 2.24) is 15.1 Å². The molecule has 0 radical (unpaired) electrons. The number of nitrogens with one attached hydrogen (secondary N) is 1. The number of rotatable bonds is 7. The summed E-state index contributed by atoms with van der Waals surface area (Å²) >= 11 is 12.4. The van der Waals surface area contributed by atoms with E-state index >= 15 is 0 Å². The van der Waals surface area contributed by atoms with Crippen LogP contribution in [0, 0.1) is 16.7 Å². The Kier molecular flexibility index (Phi) is 10.3. The maximum absolute atomic E-state index is 13.6. The van der Waals surface area contributed by atoms with Crippen LogP contribution in [-0.2, 0) is 28.7 Å². The number of hydrogen-bond donors (Lipinski definition) is 1. The summed E-state index contributed by atoms with van der Waals surface area (Å²) in [5.74, 6) is -2.84. The molecule has 2 aliphatic rings. The fourth-order valence-corrected chi connectivity index (χ4v) is 6.21. The van der Waals surface area contributed by atoms with E-state index in [9.17, 15) is 24.0 Å². The van der Waals surface area contributed by atoms with E-state index in [4.69, 9.17) is 32.7 Å². The van der Waals surface area contributed by atoms with Crippen LogP contribution < -0.4 is 5.32 Å². The first kappa shape index (κ1) is 33.6. The van der Waals surface area contributed by atoms with Gasteiger partial charge in [0.1, 0.15) is 11.6 Å². The van der Waals surface area contributed by atoms with E-state index in [1.165, 1.54) is 12.0 Å². The molecule has 42 heavy (non-hydrogen) atoms. The van der Waals surface area contributed by atoms with Gasteiger partial charge in [-0.3, -0.25) is 24.0 Å². The fraction of sp³-hybridized carbons (Fsp3) is 0.633. The lowest BCUT2D eigenvalue weighted by atomic mass is 9.65. The zero-order valence-corrected chi connectivity index (χ0v) is 26.9. The molecule has 3 rings (SSSR count). The van der Waals surface area contributed by atoms with Crippen LogP contribution in [0.5, 0.6) is 0 Å². The van der Waals surface area contributed by atoms with Gasteiger partial charge in [-0.1, -0.05) is 43.1 Å². The molecular weight excluding hydrogens is 585 g/mol. The van der Waals surface area contributed by atoms with Crippen molar-refractivity contribution >= 4 is 52.9 Å². The Bertz CT molecular complexity index is 1220. The van der Waals surface area contributed by atoms with Crippen LogP contribution in [0.3, 0.4) is 0 Å². The van der Waals surface area contributed by atoms with Gasteiger partial charge in [-0.15, -0.1) is 0 Å². The number of benzene rings is 1. The van der Waals surface area contributed by atoms with E-state index in [0.717, 1.165) is 0 Å². The first-order valence-electron chi connectivity index (χ1n) is 14.1. The van der Waals surface area contributed by atoms with E-state index < -0.39 is 46.2 Å². The van der Waals surface area contributed by atoms with Gasteiger partial charge in [-0.25, -0.2) is 0 Å². The highest BCUT2D eigenvalue weighted by Gasteiger charge is 2.59. The van der Waals surface area contributed by atoms with Crippen LogP contribution in [0.25, 0.3) is 0 Å². The van der Waals surface area contributed by atoms with Crippen LogP contribution in [-0.4, -0.2) is 84.4 Å². The van der Waals surface area contributed by atoms with Crippen LogP contribution in [0.15, 0.2) is 18.2 Å². The van der Waals surface area contributed by atoms with Crippen molar-refractivity contribution in [2.75, 3.05) is 33.3 Å². The Balaban J connectivity index is 1.72. The smallest absolute Gasteiger partial charge is 0.312 e. The predicted octanol–water partition coefficient (Wildman–Crippen LogP) is 4.11. The molecule has 1 N–H and O–H groups in total. The number of ether oxygens (including phenoxy) is 2. The Labute approximate surface area is 257 Å².